The molecule has 122 valence electrons. The maximum Gasteiger partial charge on any atom is 0.307 e. The second-order valence-corrected chi connectivity index (χ2v) is 5.05. The molecule has 1 atom stereocenters. The van der Waals surface area contributed by atoms with Gasteiger partial charge < -0.3 is 10.1 Å². The van der Waals surface area contributed by atoms with Crippen LogP contribution in [0, 0.1) is 0 Å². The standard InChI is InChI=1S/C16H18N2O5/c1-3-23-13(19)8-9-17-14(20)10(2)18-15(21)11-6-4-5-7-12(11)16(18)22/h4-7,10H,3,8-9H2,1-2H3,(H,17,20). The Hall–Kier alpha value is -2.70. The first-order valence-corrected chi connectivity index (χ1v) is 7.37. The van der Waals surface area contributed by atoms with Crippen molar-refractivity contribution in [2.24, 2.45) is 0 Å². The van der Waals surface area contributed by atoms with Crippen LogP contribution in [0.5, 0.6) is 0 Å². The molecule has 0 saturated heterocycles. The summed E-state index contributed by atoms with van der Waals surface area (Å²) in [5.74, 6) is -1.89. The highest BCUT2D eigenvalue weighted by Gasteiger charge is 2.40. The fraction of sp³-hybridized carbons (Fsp3) is 0.375. The summed E-state index contributed by atoms with van der Waals surface area (Å²) in [5, 5.41) is 2.53. The van der Waals surface area contributed by atoms with Crippen LogP contribution in [0.15, 0.2) is 24.3 Å². The van der Waals surface area contributed by atoms with E-state index in [2.05, 4.69) is 5.32 Å². The first-order valence-electron chi connectivity index (χ1n) is 7.37. The van der Waals surface area contributed by atoms with E-state index in [1.54, 1.807) is 31.2 Å². The van der Waals surface area contributed by atoms with Gasteiger partial charge in [0, 0.05) is 6.54 Å². The van der Waals surface area contributed by atoms with Crippen molar-refractivity contribution in [1.82, 2.24) is 10.2 Å². The summed E-state index contributed by atoms with van der Waals surface area (Å²) in [6.45, 7) is 3.53. The van der Waals surface area contributed by atoms with Crippen LogP contribution in [0.4, 0.5) is 0 Å². The monoisotopic (exact) mass is 318 g/mol. The molecule has 0 saturated carbocycles. The van der Waals surface area contributed by atoms with Crippen molar-refractivity contribution >= 4 is 23.7 Å². The number of hydrogen-bond acceptors (Lipinski definition) is 5. The molecule has 1 aliphatic rings. The van der Waals surface area contributed by atoms with Crippen LogP contribution in [-0.4, -0.2) is 47.8 Å². The number of esters is 1. The van der Waals surface area contributed by atoms with Crippen LogP contribution < -0.4 is 5.32 Å². The van der Waals surface area contributed by atoms with Gasteiger partial charge in [-0.05, 0) is 26.0 Å². The summed E-state index contributed by atoms with van der Waals surface area (Å²) < 4.78 is 4.75. The number of carbonyl (C=O) groups excluding carboxylic acids is 4. The Morgan fingerprint density at radius 1 is 1.17 bits per heavy atom. The Kier molecular flexibility index (Phi) is 5.10. The van der Waals surface area contributed by atoms with Gasteiger partial charge in [0.2, 0.25) is 5.91 Å². The van der Waals surface area contributed by atoms with Gasteiger partial charge in [-0.1, -0.05) is 12.1 Å². The van der Waals surface area contributed by atoms with Gasteiger partial charge in [-0.25, -0.2) is 0 Å². The number of fused-ring (bicyclic) bond motifs is 1. The Balaban J connectivity index is 1.97. The third-order valence-corrected chi connectivity index (χ3v) is 3.53. The molecule has 7 heteroatoms. The predicted octanol–water partition coefficient (Wildman–Crippen LogP) is 0.740. The van der Waals surface area contributed by atoms with Crippen molar-refractivity contribution in [1.29, 1.82) is 0 Å². The highest BCUT2D eigenvalue weighted by Crippen LogP contribution is 2.24. The number of imide groups is 1. The molecule has 1 unspecified atom stereocenters. The molecule has 1 aromatic carbocycles. The van der Waals surface area contributed by atoms with Gasteiger partial charge in [-0.15, -0.1) is 0 Å². The van der Waals surface area contributed by atoms with Crippen LogP contribution in [0.2, 0.25) is 0 Å². The molecule has 1 heterocycles. The summed E-state index contributed by atoms with van der Waals surface area (Å²) in [4.78, 5) is 48.8. The molecule has 0 fully saturated rings. The lowest BCUT2D eigenvalue weighted by Gasteiger charge is -2.21. The number of nitrogens with zero attached hydrogens (tertiary/aromatic N) is 1. The third kappa shape index (κ3) is 3.39. The lowest BCUT2D eigenvalue weighted by molar-refractivity contribution is -0.143. The lowest BCUT2D eigenvalue weighted by Crippen LogP contribution is -2.48. The van der Waals surface area contributed by atoms with Crippen LogP contribution in [0.25, 0.3) is 0 Å². The zero-order valence-electron chi connectivity index (χ0n) is 13.0. The molecular formula is C16H18N2O5. The zero-order valence-corrected chi connectivity index (χ0v) is 13.0. The molecule has 7 nitrogen and oxygen atoms in total. The zero-order chi connectivity index (χ0) is 17.0. The maximum atomic E-state index is 12.3. The van der Waals surface area contributed by atoms with Crippen molar-refractivity contribution in [3.8, 4) is 0 Å². The molecule has 3 amide bonds. The molecule has 0 aliphatic carbocycles. The predicted molar refractivity (Wildman–Crippen MR) is 80.7 cm³/mol. The number of benzene rings is 1. The molecule has 1 aromatic rings. The minimum Gasteiger partial charge on any atom is -0.466 e. The SMILES string of the molecule is CCOC(=O)CCNC(=O)C(C)N1C(=O)c2ccccc2C1=O. The first-order chi connectivity index (χ1) is 11.0. The maximum absolute atomic E-state index is 12.3. The van der Waals surface area contributed by atoms with Crippen LogP contribution in [0.1, 0.15) is 41.0 Å². The second kappa shape index (κ2) is 7.04. The fourth-order valence-corrected chi connectivity index (χ4v) is 2.35. The quantitative estimate of drug-likeness (QED) is 0.617. The van der Waals surface area contributed by atoms with E-state index in [-0.39, 0.29) is 19.6 Å². The van der Waals surface area contributed by atoms with Crippen LogP contribution in [0.3, 0.4) is 0 Å². The first kappa shape index (κ1) is 16.7. The van der Waals surface area contributed by atoms with Gasteiger partial charge in [0.25, 0.3) is 11.8 Å². The molecule has 1 aliphatic heterocycles. The smallest absolute Gasteiger partial charge is 0.307 e. The Morgan fingerprint density at radius 2 is 1.74 bits per heavy atom. The van der Waals surface area contributed by atoms with Gasteiger partial charge >= 0.3 is 5.97 Å². The van der Waals surface area contributed by atoms with Crippen molar-refractivity contribution in [2.45, 2.75) is 26.3 Å². The molecule has 1 N–H and O–H groups in total. The Labute approximate surface area is 133 Å². The van der Waals surface area contributed by atoms with Gasteiger partial charge in [0.1, 0.15) is 6.04 Å². The van der Waals surface area contributed by atoms with E-state index in [1.165, 1.54) is 6.92 Å². The minimum atomic E-state index is -0.954. The van der Waals surface area contributed by atoms with E-state index < -0.39 is 29.7 Å². The average molecular weight is 318 g/mol. The molecule has 0 radical (unpaired) electrons. The number of nitrogens with one attached hydrogen (secondary N) is 1. The Morgan fingerprint density at radius 3 is 2.26 bits per heavy atom. The van der Waals surface area contributed by atoms with Gasteiger partial charge in [-0.3, -0.25) is 24.1 Å². The number of rotatable bonds is 6. The topological polar surface area (TPSA) is 92.8 Å². The van der Waals surface area contributed by atoms with Crippen LogP contribution >= 0.6 is 0 Å². The molecule has 0 bridgehead atoms. The van der Waals surface area contributed by atoms with E-state index in [0.717, 1.165) is 4.90 Å². The summed E-state index contributed by atoms with van der Waals surface area (Å²) in [6.07, 6.45) is 0.0361. The highest BCUT2D eigenvalue weighted by molar-refractivity contribution is 6.22. The molecule has 23 heavy (non-hydrogen) atoms. The van der Waals surface area contributed by atoms with Crippen LogP contribution in [-0.2, 0) is 14.3 Å². The van der Waals surface area contributed by atoms with E-state index >= 15 is 0 Å². The number of hydrogen-bond donors (Lipinski definition) is 1. The average Bonchev–Trinajstić information content (AvgIpc) is 2.79. The number of carbonyl (C=O) groups is 4. The molecule has 0 spiro atoms. The summed E-state index contributed by atoms with van der Waals surface area (Å²) in [6, 6.07) is 5.49. The van der Waals surface area contributed by atoms with E-state index in [1.807, 2.05) is 0 Å². The number of ether oxygens (including phenoxy) is 1. The largest absolute Gasteiger partial charge is 0.466 e. The summed E-state index contributed by atoms with van der Waals surface area (Å²) in [7, 11) is 0. The van der Waals surface area contributed by atoms with Crippen molar-refractivity contribution < 1.29 is 23.9 Å². The summed E-state index contributed by atoms with van der Waals surface area (Å²) in [5.41, 5.74) is 0.590. The van der Waals surface area contributed by atoms with Crippen molar-refractivity contribution in [2.75, 3.05) is 13.2 Å². The van der Waals surface area contributed by atoms with Gasteiger partial charge in [-0.2, -0.15) is 0 Å². The van der Waals surface area contributed by atoms with E-state index in [9.17, 15) is 19.2 Å². The normalized spacial score (nSPS) is 14.4. The van der Waals surface area contributed by atoms with E-state index in [0.29, 0.717) is 11.1 Å². The van der Waals surface area contributed by atoms with E-state index in [4.69, 9.17) is 4.74 Å². The Bertz CT molecular complexity index is 621. The molecular weight excluding hydrogens is 300 g/mol. The second-order valence-electron chi connectivity index (χ2n) is 5.05. The molecule has 2 rings (SSSR count). The third-order valence-electron chi connectivity index (χ3n) is 3.53. The number of amides is 3. The minimum absolute atomic E-state index is 0.0361. The fourth-order valence-electron chi connectivity index (χ4n) is 2.35. The van der Waals surface area contributed by atoms with Crippen molar-refractivity contribution in [3.63, 3.8) is 0 Å². The van der Waals surface area contributed by atoms with Gasteiger partial charge in [0.05, 0.1) is 24.2 Å². The van der Waals surface area contributed by atoms with Crippen molar-refractivity contribution in [3.05, 3.63) is 35.4 Å². The lowest BCUT2D eigenvalue weighted by atomic mass is 10.1. The van der Waals surface area contributed by atoms with Gasteiger partial charge in [0.15, 0.2) is 0 Å². The highest BCUT2D eigenvalue weighted by atomic mass is 16.5. The molecule has 0 aromatic heterocycles. The summed E-state index contributed by atoms with van der Waals surface area (Å²) >= 11 is 0.